The van der Waals surface area contributed by atoms with Crippen molar-refractivity contribution in [3.05, 3.63) is 70.0 Å². The number of hydrogen-bond donors (Lipinski definition) is 1. The van der Waals surface area contributed by atoms with Crippen LogP contribution in [0, 0.1) is 12.7 Å². The number of nitrogens with zero attached hydrogens (tertiary/aromatic N) is 2. The summed E-state index contributed by atoms with van der Waals surface area (Å²) in [6.45, 7) is 2.49. The molecule has 3 rings (SSSR count). The van der Waals surface area contributed by atoms with Crippen LogP contribution >= 0.6 is 0 Å². The van der Waals surface area contributed by atoms with Crippen molar-refractivity contribution in [2.75, 3.05) is 26.7 Å². The van der Waals surface area contributed by atoms with Crippen LogP contribution in [-0.2, 0) is 23.7 Å². The molecule has 1 atom stereocenters. The molecule has 0 radical (unpaired) electrons. The summed E-state index contributed by atoms with van der Waals surface area (Å²) in [7, 11) is 1.21. The molecule has 2 aromatic carbocycles. The maximum Gasteiger partial charge on any atom is 0.428 e. The van der Waals surface area contributed by atoms with Gasteiger partial charge in [0.25, 0.3) is 0 Å². The van der Waals surface area contributed by atoms with E-state index < -0.39 is 48.0 Å². The first-order chi connectivity index (χ1) is 16.3. The van der Waals surface area contributed by atoms with Crippen molar-refractivity contribution >= 4 is 6.09 Å². The molecule has 1 aliphatic heterocycles. The number of rotatable bonds is 4. The number of alkyl halides is 6. The number of hydroxylamine groups is 2. The molecule has 0 unspecified atom stereocenters. The fraction of sp³-hybridized carbons (Fsp3) is 0.435. The molecule has 0 spiro atoms. The lowest BCUT2D eigenvalue weighted by atomic mass is 10.0. The summed E-state index contributed by atoms with van der Waals surface area (Å²) in [5.74, 6) is -0.421. The van der Waals surface area contributed by atoms with Gasteiger partial charge in [-0.1, -0.05) is 6.07 Å². The van der Waals surface area contributed by atoms with Crippen molar-refractivity contribution in [3.8, 4) is 0 Å². The Hall–Kier alpha value is -2.86. The minimum absolute atomic E-state index is 0.0294. The van der Waals surface area contributed by atoms with E-state index in [-0.39, 0.29) is 11.6 Å². The van der Waals surface area contributed by atoms with Crippen molar-refractivity contribution < 1.29 is 40.4 Å². The van der Waals surface area contributed by atoms with Crippen molar-refractivity contribution in [1.29, 1.82) is 0 Å². The molecule has 1 N–H and O–H groups in total. The molecule has 1 heterocycles. The first-order valence-electron chi connectivity index (χ1n) is 10.7. The van der Waals surface area contributed by atoms with Crippen molar-refractivity contribution in [3.63, 3.8) is 0 Å². The first kappa shape index (κ1) is 26.7. The average Bonchev–Trinajstić information content (AvgIpc) is 2.97. The maximum absolute atomic E-state index is 13.6. The second-order valence-corrected chi connectivity index (χ2v) is 8.34. The third-order valence-corrected chi connectivity index (χ3v) is 5.58. The zero-order valence-electron chi connectivity index (χ0n) is 18.9. The van der Waals surface area contributed by atoms with E-state index in [4.69, 9.17) is 4.84 Å². The molecule has 192 valence electrons. The summed E-state index contributed by atoms with van der Waals surface area (Å²) in [6, 6.07) is 4.90. The lowest BCUT2D eigenvalue weighted by molar-refractivity contribution is -0.143. The average molecular weight is 507 g/mol. The van der Waals surface area contributed by atoms with Crippen LogP contribution in [-0.4, -0.2) is 42.7 Å². The lowest BCUT2D eigenvalue weighted by Gasteiger charge is -2.31. The summed E-state index contributed by atoms with van der Waals surface area (Å²) in [6.07, 6.45) is -10.3. The van der Waals surface area contributed by atoms with Gasteiger partial charge in [0.2, 0.25) is 0 Å². The van der Waals surface area contributed by atoms with Crippen LogP contribution in [0.4, 0.5) is 35.5 Å². The molecule has 1 amide bonds. The van der Waals surface area contributed by atoms with Gasteiger partial charge >= 0.3 is 18.4 Å². The van der Waals surface area contributed by atoms with Gasteiger partial charge in [-0.2, -0.15) is 26.3 Å². The van der Waals surface area contributed by atoms with Crippen LogP contribution in [0.15, 0.2) is 36.4 Å². The topological polar surface area (TPSA) is 44.8 Å². The third kappa shape index (κ3) is 6.85. The molecule has 2 aromatic rings. The van der Waals surface area contributed by atoms with Crippen molar-refractivity contribution in [1.82, 2.24) is 15.3 Å². The fourth-order valence-electron chi connectivity index (χ4n) is 3.86. The van der Waals surface area contributed by atoms with Gasteiger partial charge in [0.05, 0.1) is 17.2 Å². The number of amides is 1. The Kier molecular flexibility index (Phi) is 7.95. The second-order valence-electron chi connectivity index (χ2n) is 8.34. The summed E-state index contributed by atoms with van der Waals surface area (Å²) in [4.78, 5) is 19.1. The Bertz CT molecular complexity index is 1020. The Balaban J connectivity index is 1.80. The van der Waals surface area contributed by atoms with Crippen molar-refractivity contribution in [2.45, 2.75) is 38.3 Å². The smallest absolute Gasteiger partial charge is 0.350 e. The summed E-state index contributed by atoms with van der Waals surface area (Å²) in [5, 5.41) is 4.59. The molecule has 12 heteroatoms. The molecule has 0 saturated carbocycles. The van der Waals surface area contributed by atoms with Gasteiger partial charge < -0.3 is 15.1 Å². The minimum atomic E-state index is -4.99. The van der Waals surface area contributed by atoms with Crippen LogP contribution in [0.2, 0.25) is 0 Å². The van der Waals surface area contributed by atoms with Gasteiger partial charge in [0.15, 0.2) is 0 Å². The lowest BCUT2D eigenvalue weighted by Crippen LogP contribution is -2.39. The van der Waals surface area contributed by atoms with Crippen LogP contribution in [0.25, 0.3) is 0 Å². The molecular weight excluding hydrogens is 483 g/mol. The van der Waals surface area contributed by atoms with E-state index in [9.17, 15) is 35.5 Å². The van der Waals surface area contributed by atoms with Gasteiger partial charge in [-0.3, -0.25) is 0 Å². The molecule has 1 saturated heterocycles. The highest BCUT2D eigenvalue weighted by Crippen LogP contribution is 2.36. The first-order valence-corrected chi connectivity index (χ1v) is 10.7. The highest BCUT2D eigenvalue weighted by molar-refractivity contribution is 5.67. The summed E-state index contributed by atoms with van der Waals surface area (Å²) in [5.41, 5.74) is -1.93. The Morgan fingerprint density at radius 1 is 1.09 bits per heavy atom. The Morgan fingerprint density at radius 2 is 1.71 bits per heavy atom. The third-order valence-electron chi connectivity index (χ3n) is 5.58. The molecule has 1 aliphatic rings. The van der Waals surface area contributed by atoms with E-state index in [1.807, 2.05) is 0 Å². The number of halogens is 7. The zero-order chi connectivity index (χ0) is 26.0. The van der Waals surface area contributed by atoms with Crippen LogP contribution in [0.1, 0.15) is 40.3 Å². The largest absolute Gasteiger partial charge is 0.428 e. The van der Waals surface area contributed by atoms with E-state index in [2.05, 4.69) is 5.32 Å². The van der Waals surface area contributed by atoms with E-state index in [0.29, 0.717) is 49.3 Å². The monoisotopic (exact) mass is 507 g/mol. The predicted molar refractivity (Wildman–Crippen MR) is 112 cm³/mol. The number of carbonyl (C=O) groups excluding carboxylic acids is 1. The SMILES string of the molecule is Cc1cc(F)ccc1[C@H]1CNCCCN1OC(=O)N(C)Cc1cc(C(F)(F)F)cc(C(F)(F)F)c1. The van der Waals surface area contributed by atoms with Gasteiger partial charge in [-0.05, 0) is 66.9 Å². The van der Waals surface area contributed by atoms with Crippen molar-refractivity contribution in [2.24, 2.45) is 0 Å². The molecule has 1 fully saturated rings. The molecule has 0 aliphatic carbocycles. The highest BCUT2D eigenvalue weighted by Gasteiger charge is 2.37. The normalized spacial score (nSPS) is 17.7. The molecule has 35 heavy (non-hydrogen) atoms. The van der Waals surface area contributed by atoms with Gasteiger partial charge in [-0.15, -0.1) is 5.06 Å². The van der Waals surface area contributed by atoms with Gasteiger partial charge in [-0.25, -0.2) is 9.18 Å². The second kappa shape index (κ2) is 10.4. The Labute approximate surface area is 197 Å². The van der Waals surface area contributed by atoms with Gasteiger partial charge in [0, 0.05) is 26.7 Å². The number of hydrogen-bond acceptors (Lipinski definition) is 4. The number of aryl methyl sites for hydroxylation is 1. The van der Waals surface area contributed by atoms with Gasteiger partial charge in [0.1, 0.15) is 5.82 Å². The molecular formula is C23H24F7N3O2. The predicted octanol–water partition coefficient (Wildman–Crippen LogP) is 5.69. The van der Waals surface area contributed by atoms with E-state index in [0.717, 1.165) is 4.90 Å². The minimum Gasteiger partial charge on any atom is -0.350 e. The maximum atomic E-state index is 13.6. The standard InChI is InChI=1S/C23H24F7N3O2/c1-14-8-18(24)4-5-19(14)20-12-31-6-3-7-33(20)35-21(34)32(2)13-15-9-16(22(25,26)27)11-17(10-15)23(28,29)30/h4-5,8-11,20,31H,3,6-7,12-13H2,1-2H3/t20-/m1/s1. The quantitative estimate of drug-likeness (QED) is 0.540. The number of carbonyl (C=O) groups is 1. The van der Waals surface area contributed by atoms with Crippen LogP contribution < -0.4 is 5.32 Å². The summed E-state index contributed by atoms with van der Waals surface area (Å²) >= 11 is 0. The highest BCUT2D eigenvalue weighted by atomic mass is 19.4. The fourth-order valence-corrected chi connectivity index (χ4v) is 3.86. The number of nitrogens with one attached hydrogen (secondary N) is 1. The zero-order valence-corrected chi connectivity index (χ0v) is 18.9. The van der Waals surface area contributed by atoms with Crippen LogP contribution in [0.3, 0.4) is 0 Å². The Morgan fingerprint density at radius 3 is 2.29 bits per heavy atom. The molecule has 5 nitrogen and oxygen atoms in total. The molecule has 0 bridgehead atoms. The number of benzene rings is 2. The molecule has 0 aromatic heterocycles. The van der Waals surface area contributed by atoms with E-state index in [1.165, 1.54) is 24.2 Å². The van der Waals surface area contributed by atoms with E-state index >= 15 is 0 Å². The summed E-state index contributed by atoms with van der Waals surface area (Å²) < 4.78 is 92.4. The van der Waals surface area contributed by atoms with E-state index in [1.54, 1.807) is 13.0 Å². The van der Waals surface area contributed by atoms with Crippen LogP contribution in [0.5, 0.6) is 0 Å².